The number of hydrogen-bond donors (Lipinski definition) is 3. The third-order valence-electron chi connectivity index (χ3n) is 4.33. The van der Waals surface area contributed by atoms with Gasteiger partial charge in [0.05, 0.1) is 10.6 Å². The van der Waals surface area contributed by atoms with Gasteiger partial charge in [-0.25, -0.2) is 0 Å². The van der Waals surface area contributed by atoms with Crippen molar-refractivity contribution in [1.29, 1.82) is 0 Å². The maximum absolute atomic E-state index is 12.1. The van der Waals surface area contributed by atoms with E-state index in [0.29, 0.717) is 35.2 Å². The van der Waals surface area contributed by atoms with Gasteiger partial charge in [0.25, 0.3) is 5.91 Å². The molecule has 0 saturated heterocycles. The summed E-state index contributed by atoms with van der Waals surface area (Å²) in [4.78, 5) is 24.2. The van der Waals surface area contributed by atoms with Crippen LogP contribution >= 0.6 is 24.0 Å². The number of nitrogens with two attached hydrogens (primary N) is 1. The number of halogens is 2. The monoisotopic (exact) mass is 387 g/mol. The van der Waals surface area contributed by atoms with Crippen molar-refractivity contribution >= 4 is 41.5 Å². The number of rotatable bonds is 6. The lowest BCUT2D eigenvalue weighted by molar-refractivity contribution is -0.117. The zero-order chi connectivity index (χ0) is 17.7. The van der Waals surface area contributed by atoms with Gasteiger partial charge in [-0.1, -0.05) is 31.9 Å². The Balaban J connectivity index is 0.00000312. The molecular weight excluding hydrogens is 361 g/mol. The maximum atomic E-state index is 12.1. The lowest BCUT2D eigenvalue weighted by Crippen LogP contribution is -2.28. The van der Waals surface area contributed by atoms with Crippen molar-refractivity contribution in [2.45, 2.75) is 45.6 Å². The van der Waals surface area contributed by atoms with Crippen molar-refractivity contribution in [2.75, 3.05) is 11.9 Å². The van der Waals surface area contributed by atoms with Crippen LogP contribution in [0, 0.1) is 11.8 Å². The third kappa shape index (κ3) is 6.49. The topological polar surface area (TPSA) is 84.2 Å². The minimum atomic E-state index is -0.205. The Bertz CT molecular complexity index is 608. The predicted molar refractivity (Wildman–Crippen MR) is 104 cm³/mol. The summed E-state index contributed by atoms with van der Waals surface area (Å²) in [7, 11) is 0. The van der Waals surface area contributed by atoms with Crippen LogP contribution in [-0.2, 0) is 4.79 Å². The zero-order valence-corrected chi connectivity index (χ0v) is 16.3. The standard InChI is InChI=1S/C18H26ClN3O2.ClH/c1-11(2)10-21-18(24)14-7-6-13(9-15(14)19)22-17(23)8-12-4-3-5-16(12)20;/h6-7,9,11-12,16H,3-5,8,10,20H2,1-2H3,(H,21,24)(H,22,23);1H/t12-,16+;/m0./s1. The molecule has 0 spiro atoms. The molecule has 140 valence electrons. The number of amides is 2. The average molecular weight is 388 g/mol. The van der Waals surface area contributed by atoms with Crippen LogP contribution < -0.4 is 16.4 Å². The highest BCUT2D eigenvalue weighted by atomic mass is 35.5. The summed E-state index contributed by atoms with van der Waals surface area (Å²) < 4.78 is 0. The first-order valence-corrected chi connectivity index (χ1v) is 8.87. The van der Waals surface area contributed by atoms with Gasteiger partial charge < -0.3 is 16.4 Å². The van der Waals surface area contributed by atoms with Gasteiger partial charge in [0.1, 0.15) is 0 Å². The fourth-order valence-corrected chi connectivity index (χ4v) is 3.20. The summed E-state index contributed by atoms with van der Waals surface area (Å²) in [5.74, 6) is 0.351. The highest BCUT2D eigenvalue weighted by Gasteiger charge is 2.26. The highest BCUT2D eigenvalue weighted by Crippen LogP contribution is 2.27. The van der Waals surface area contributed by atoms with Crippen LogP contribution in [0.4, 0.5) is 5.69 Å². The fraction of sp³-hybridized carbons (Fsp3) is 0.556. The fourth-order valence-electron chi connectivity index (χ4n) is 2.94. The quantitative estimate of drug-likeness (QED) is 0.696. The highest BCUT2D eigenvalue weighted by molar-refractivity contribution is 6.34. The summed E-state index contributed by atoms with van der Waals surface area (Å²) >= 11 is 6.18. The molecule has 0 unspecified atom stereocenters. The molecule has 2 amide bonds. The van der Waals surface area contributed by atoms with Crippen LogP contribution in [0.25, 0.3) is 0 Å². The first-order chi connectivity index (χ1) is 11.4. The van der Waals surface area contributed by atoms with Crippen molar-refractivity contribution < 1.29 is 9.59 Å². The summed E-state index contributed by atoms with van der Waals surface area (Å²) in [5.41, 5.74) is 7.01. The van der Waals surface area contributed by atoms with E-state index in [-0.39, 0.29) is 36.2 Å². The first kappa shape index (κ1) is 21.7. The molecule has 2 atom stereocenters. The molecule has 4 N–H and O–H groups in total. The lowest BCUT2D eigenvalue weighted by Gasteiger charge is -2.15. The largest absolute Gasteiger partial charge is 0.352 e. The van der Waals surface area contributed by atoms with E-state index in [2.05, 4.69) is 10.6 Å². The molecule has 5 nitrogen and oxygen atoms in total. The molecule has 0 radical (unpaired) electrons. The summed E-state index contributed by atoms with van der Waals surface area (Å²) in [6, 6.07) is 5.06. The van der Waals surface area contributed by atoms with Gasteiger partial charge in [0, 0.05) is 24.7 Å². The molecule has 0 heterocycles. The minimum Gasteiger partial charge on any atom is -0.352 e. The van der Waals surface area contributed by atoms with Crippen molar-refractivity contribution in [2.24, 2.45) is 17.6 Å². The number of carbonyl (C=O) groups excluding carboxylic acids is 2. The molecule has 1 aromatic rings. The molecule has 1 aliphatic rings. The molecule has 1 aromatic carbocycles. The second-order valence-electron chi connectivity index (χ2n) is 6.91. The maximum Gasteiger partial charge on any atom is 0.252 e. The third-order valence-corrected chi connectivity index (χ3v) is 4.65. The van der Waals surface area contributed by atoms with Crippen molar-refractivity contribution in [3.05, 3.63) is 28.8 Å². The Morgan fingerprint density at radius 2 is 2.04 bits per heavy atom. The van der Waals surface area contributed by atoms with Crippen LogP contribution in [0.2, 0.25) is 5.02 Å². The van der Waals surface area contributed by atoms with E-state index < -0.39 is 0 Å². The summed E-state index contributed by atoms with van der Waals surface area (Å²) in [6.07, 6.45) is 3.51. The number of hydrogen-bond acceptors (Lipinski definition) is 3. The minimum absolute atomic E-state index is 0. The summed E-state index contributed by atoms with van der Waals surface area (Å²) in [6.45, 7) is 4.64. The number of anilines is 1. The smallest absolute Gasteiger partial charge is 0.252 e. The SMILES string of the molecule is CC(C)CNC(=O)c1ccc(NC(=O)C[C@@H]2CCC[C@H]2N)cc1Cl.Cl. The van der Waals surface area contributed by atoms with Crippen molar-refractivity contribution in [1.82, 2.24) is 5.32 Å². The predicted octanol–water partition coefficient (Wildman–Crippen LogP) is 3.60. The molecular formula is C18H27Cl2N3O2. The van der Waals surface area contributed by atoms with E-state index in [4.69, 9.17) is 17.3 Å². The van der Waals surface area contributed by atoms with Crippen LogP contribution in [0.3, 0.4) is 0 Å². The molecule has 1 aliphatic carbocycles. The molecule has 0 aliphatic heterocycles. The Labute approximate surface area is 160 Å². The number of nitrogens with one attached hydrogen (secondary N) is 2. The van der Waals surface area contributed by atoms with Crippen LogP contribution in [0.5, 0.6) is 0 Å². The number of benzene rings is 1. The van der Waals surface area contributed by atoms with E-state index in [9.17, 15) is 9.59 Å². The zero-order valence-electron chi connectivity index (χ0n) is 14.7. The van der Waals surface area contributed by atoms with E-state index in [1.54, 1.807) is 18.2 Å². The van der Waals surface area contributed by atoms with E-state index >= 15 is 0 Å². The molecule has 1 saturated carbocycles. The second kappa shape index (κ2) is 10.00. The van der Waals surface area contributed by atoms with Gasteiger partial charge >= 0.3 is 0 Å². The van der Waals surface area contributed by atoms with Gasteiger partial charge in [0.15, 0.2) is 0 Å². The summed E-state index contributed by atoms with van der Waals surface area (Å²) in [5, 5.41) is 5.99. The normalized spacial score (nSPS) is 19.4. The second-order valence-corrected chi connectivity index (χ2v) is 7.31. The molecule has 0 aromatic heterocycles. The average Bonchev–Trinajstić information content (AvgIpc) is 2.90. The molecule has 1 fully saturated rings. The van der Waals surface area contributed by atoms with Crippen LogP contribution in [0.15, 0.2) is 18.2 Å². The van der Waals surface area contributed by atoms with Gasteiger partial charge in [-0.3, -0.25) is 9.59 Å². The van der Waals surface area contributed by atoms with E-state index in [0.717, 1.165) is 19.3 Å². The molecule has 2 rings (SSSR count). The molecule has 0 bridgehead atoms. The Hall–Kier alpha value is -1.30. The van der Waals surface area contributed by atoms with E-state index in [1.165, 1.54) is 0 Å². The van der Waals surface area contributed by atoms with Crippen LogP contribution in [-0.4, -0.2) is 24.4 Å². The number of carbonyl (C=O) groups is 2. The Morgan fingerprint density at radius 1 is 1.32 bits per heavy atom. The first-order valence-electron chi connectivity index (χ1n) is 8.50. The Morgan fingerprint density at radius 3 is 2.60 bits per heavy atom. The van der Waals surface area contributed by atoms with Crippen molar-refractivity contribution in [3.8, 4) is 0 Å². The van der Waals surface area contributed by atoms with Gasteiger partial charge in [-0.2, -0.15) is 0 Å². The van der Waals surface area contributed by atoms with Gasteiger partial charge in [-0.05, 0) is 42.9 Å². The lowest BCUT2D eigenvalue weighted by atomic mass is 10.00. The van der Waals surface area contributed by atoms with Gasteiger partial charge in [-0.15, -0.1) is 12.4 Å². The molecule has 25 heavy (non-hydrogen) atoms. The van der Waals surface area contributed by atoms with Crippen LogP contribution in [0.1, 0.15) is 49.9 Å². The van der Waals surface area contributed by atoms with Gasteiger partial charge in [0.2, 0.25) is 5.91 Å². The van der Waals surface area contributed by atoms with Crippen molar-refractivity contribution in [3.63, 3.8) is 0 Å². The Kier molecular flexibility index (Phi) is 8.69. The molecule has 7 heteroatoms. The van der Waals surface area contributed by atoms with E-state index in [1.807, 2.05) is 13.8 Å².